The Kier molecular flexibility index (Phi) is 7.90. The van der Waals surface area contributed by atoms with E-state index in [0.29, 0.717) is 0 Å². The van der Waals surface area contributed by atoms with Crippen molar-refractivity contribution in [1.29, 1.82) is 0 Å². The number of hydrogen-bond donors (Lipinski definition) is 0. The zero-order valence-corrected chi connectivity index (χ0v) is 16.0. The third kappa shape index (κ3) is 3.32. The molecule has 2 unspecified atom stereocenters. The Hall–Kier alpha value is -1.81. The van der Waals surface area contributed by atoms with Gasteiger partial charge in [-0.2, -0.15) is 0 Å². The molecule has 0 aromatic carbocycles. The molecule has 0 N–H and O–H groups in total. The first-order valence-corrected chi connectivity index (χ1v) is 6.66. The van der Waals surface area contributed by atoms with E-state index >= 15 is 0 Å². The molecule has 2 aliphatic carbocycles. The summed E-state index contributed by atoms with van der Waals surface area (Å²) < 4.78 is 18.7. The molecule has 0 radical (unpaired) electrons. The van der Waals surface area contributed by atoms with Gasteiger partial charge in [-0.05, 0) is 0 Å². The summed E-state index contributed by atoms with van der Waals surface area (Å²) in [5.41, 5.74) is -3.86. The molecule has 0 bridgehead atoms. The van der Waals surface area contributed by atoms with Crippen LogP contribution in [0.25, 0.3) is 0 Å². The average molecular weight is 363 g/mol. The quantitative estimate of drug-likeness (QED) is 0.407. The summed E-state index contributed by atoms with van der Waals surface area (Å²) in [6, 6.07) is 0. The number of hydrogen-bond acceptors (Lipinski definition) is 8. The Bertz CT molecular complexity index is 595. The van der Waals surface area contributed by atoms with Crippen LogP contribution in [0.1, 0.15) is 0 Å². The topological polar surface area (TPSA) is 117 Å². The Morgan fingerprint density at radius 1 is 0.760 bits per heavy atom. The second-order valence-corrected chi connectivity index (χ2v) is 4.67. The Labute approximate surface area is 161 Å². The van der Waals surface area contributed by atoms with Crippen molar-refractivity contribution in [1.82, 2.24) is 0 Å². The third-order valence-electron chi connectivity index (χ3n) is 3.57. The molecule has 8 nitrogen and oxygen atoms in total. The molecule has 132 valence electrons. The van der Waals surface area contributed by atoms with Gasteiger partial charge in [0.25, 0.3) is 0 Å². The second-order valence-electron chi connectivity index (χ2n) is 4.67. The van der Waals surface area contributed by atoms with Gasteiger partial charge in [0.15, 0.2) is 11.5 Å². The van der Waals surface area contributed by atoms with Crippen LogP contribution >= 0.6 is 0 Å². The summed E-state index contributed by atoms with van der Waals surface area (Å²) in [4.78, 5) is 22.1. The molecule has 25 heavy (non-hydrogen) atoms. The minimum Gasteiger partial charge on any atom is -0.835 e. The van der Waals surface area contributed by atoms with Crippen LogP contribution in [-0.2, 0) is 28.5 Å². The van der Waals surface area contributed by atoms with Crippen LogP contribution in [0.2, 0.25) is 0 Å². The van der Waals surface area contributed by atoms with Crippen LogP contribution in [-0.4, -0.2) is 74.3 Å². The number of ether oxygens (including phenoxy) is 4. The minimum atomic E-state index is -1.93. The average Bonchev–Trinajstić information content (AvgIpc) is 2.61. The molecule has 0 spiro atoms. The first-order chi connectivity index (χ1) is 11.2. The summed E-state index contributed by atoms with van der Waals surface area (Å²) in [5.74, 6) is -1.26. The number of rotatable bonds is 6. The predicted octanol–water partition coefficient (Wildman–Crippen LogP) is -1.66. The molecule has 0 fully saturated rings. The van der Waals surface area contributed by atoms with E-state index in [2.05, 4.69) is 22.6 Å². The van der Waals surface area contributed by atoms with Crippen LogP contribution in [0.5, 0.6) is 0 Å². The van der Waals surface area contributed by atoms with Crippen LogP contribution in [0.15, 0.2) is 48.3 Å². The van der Waals surface area contributed by atoms with Crippen LogP contribution in [0, 0.1) is 0 Å². The summed E-state index contributed by atoms with van der Waals surface area (Å²) in [6.45, 7) is 6.54. The van der Waals surface area contributed by atoms with Crippen molar-refractivity contribution in [3.05, 3.63) is 48.3 Å². The Balaban J connectivity index is 0.000000443. The molecule has 2 atom stereocenters. The Morgan fingerprint density at radius 3 is 1.20 bits per heavy atom. The largest absolute Gasteiger partial charge is 2.00 e. The molecule has 0 aromatic heterocycles. The van der Waals surface area contributed by atoms with Gasteiger partial charge in [-0.3, -0.25) is 9.59 Å². The number of methoxy groups -OCH3 is 4. The number of carbonyl (C=O) groups is 2. The van der Waals surface area contributed by atoms with Crippen LogP contribution in [0.4, 0.5) is 0 Å². The van der Waals surface area contributed by atoms with Gasteiger partial charge >= 0.3 is 23.1 Å². The van der Waals surface area contributed by atoms with Crippen molar-refractivity contribution in [2.24, 2.45) is 0 Å². The third-order valence-corrected chi connectivity index (χ3v) is 3.57. The molecule has 0 aromatic rings. The molecule has 0 saturated heterocycles. The van der Waals surface area contributed by atoms with E-state index in [1.165, 1.54) is 28.4 Å². The molecule has 0 amide bonds. The van der Waals surface area contributed by atoms with E-state index in [-0.39, 0.29) is 46.1 Å². The number of carbonyl (C=O) groups excluding carboxylic acids is 2. The van der Waals surface area contributed by atoms with E-state index in [0.717, 1.165) is 12.2 Å². The van der Waals surface area contributed by atoms with E-state index in [1.54, 1.807) is 0 Å². The van der Waals surface area contributed by atoms with Gasteiger partial charge in [-0.15, -0.1) is 13.2 Å². The van der Waals surface area contributed by atoms with E-state index in [9.17, 15) is 19.8 Å². The van der Waals surface area contributed by atoms with Gasteiger partial charge in [0.05, 0.1) is 28.4 Å². The fourth-order valence-electron chi connectivity index (χ4n) is 2.19. The first-order valence-electron chi connectivity index (χ1n) is 6.66. The second kappa shape index (κ2) is 8.52. The van der Waals surface area contributed by atoms with Gasteiger partial charge in [0.2, 0.25) is 11.6 Å². The van der Waals surface area contributed by atoms with Crippen molar-refractivity contribution in [3.8, 4) is 0 Å². The summed E-state index contributed by atoms with van der Waals surface area (Å²) in [6.07, 6.45) is 2.02. The smallest absolute Gasteiger partial charge is 0.835 e. The Morgan fingerprint density at radius 2 is 1.04 bits per heavy atom. The summed E-state index contributed by atoms with van der Waals surface area (Å²) >= 11 is 0. The van der Waals surface area contributed by atoms with Crippen molar-refractivity contribution in [2.45, 2.75) is 11.2 Å². The van der Waals surface area contributed by atoms with Gasteiger partial charge < -0.3 is 29.2 Å². The number of ketones is 2. The molecule has 0 aliphatic heterocycles. The molecule has 2 rings (SSSR count). The zero-order valence-electron chi connectivity index (χ0n) is 14.5. The summed E-state index contributed by atoms with van der Waals surface area (Å²) in [5, 5.41) is 22.9. The van der Waals surface area contributed by atoms with E-state index < -0.39 is 22.8 Å². The van der Waals surface area contributed by atoms with Gasteiger partial charge in [0.1, 0.15) is 11.5 Å². The van der Waals surface area contributed by atoms with E-state index in [1.807, 2.05) is 0 Å². The normalized spacial score (nSPS) is 27.0. The predicted molar refractivity (Wildman–Crippen MR) is 83.7 cm³/mol. The first kappa shape index (κ1) is 23.2. The van der Waals surface area contributed by atoms with Crippen molar-refractivity contribution in [2.75, 3.05) is 28.4 Å². The van der Waals surface area contributed by atoms with Crippen molar-refractivity contribution in [3.63, 3.8) is 0 Å². The van der Waals surface area contributed by atoms with Crippen molar-refractivity contribution < 1.29 is 38.7 Å². The molecular formula is C16H18MgO8. The molecule has 2 aliphatic rings. The maximum absolute atomic E-state index is 11.5. The van der Waals surface area contributed by atoms with Gasteiger partial charge in [0, 0.05) is 11.2 Å². The van der Waals surface area contributed by atoms with E-state index in [4.69, 9.17) is 9.47 Å². The zero-order chi connectivity index (χ0) is 18.7. The SMILES string of the molecule is C=CC1([O-])C(=O)C(OC)=C1OC.C=CC1([O-])C(=O)C(OC)=C1OC.[Mg+2]. The maximum atomic E-state index is 11.5. The molecule has 0 saturated carbocycles. The molecule has 9 heteroatoms. The number of Topliss-reactive ketones (excluding diaryl/α,β-unsaturated/α-hetero) is 2. The molecular weight excluding hydrogens is 344 g/mol. The van der Waals surface area contributed by atoms with Gasteiger partial charge in [-0.1, -0.05) is 12.2 Å². The standard InChI is InChI=1S/2C8H9O4.Mg/c2*1-4-8(10)6(9)5(11-2)7(8)12-3;/h2*4H,1H2,2-3H3;/q2*-1;+2. The fraction of sp³-hybridized carbons (Fsp3) is 0.375. The monoisotopic (exact) mass is 362 g/mol. The van der Waals surface area contributed by atoms with Crippen LogP contribution < -0.4 is 10.2 Å². The fourth-order valence-corrected chi connectivity index (χ4v) is 2.19. The van der Waals surface area contributed by atoms with Crippen molar-refractivity contribution >= 4 is 34.6 Å². The van der Waals surface area contributed by atoms with Crippen LogP contribution in [0.3, 0.4) is 0 Å². The molecule has 0 heterocycles. The minimum absolute atomic E-state index is 0. The summed E-state index contributed by atoms with van der Waals surface area (Å²) in [7, 11) is 5.26. The van der Waals surface area contributed by atoms with Gasteiger partial charge in [-0.25, -0.2) is 0 Å². The maximum Gasteiger partial charge on any atom is 2.00 e.